The molecule has 2 aromatic rings. The van der Waals surface area contributed by atoms with E-state index in [1.54, 1.807) is 30.3 Å². The average molecular weight is 375 g/mol. The summed E-state index contributed by atoms with van der Waals surface area (Å²) >= 11 is 14.1. The van der Waals surface area contributed by atoms with Crippen molar-refractivity contribution in [2.75, 3.05) is 0 Å². The van der Waals surface area contributed by atoms with E-state index < -0.39 is 0 Å². The Morgan fingerprint density at radius 3 is 2.75 bits per heavy atom. The molecule has 20 heavy (non-hydrogen) atoms. The van der Waals surface area contributed by atoms with Crippen molar-refractivity contribution in [1.82, 2.24) is 0 Å². The number of ether oxygens (including phenoxy) is 1. The largest absolute Gasteiger partial charge is 0.489 e. The number of nitrogens with two attached hydrogens (primary N) is 1. The summed E-state index contributed by atoms with van der Waals surface area (Å²) in [5, 5.41) is 0.424. The molecule has 0 radical (unpaired) electrons. The summed E-state index contributed by atoms with van der Waals surface area (Å²) in [5.74, 6) is 0.235. The molecule has 6 heteroatoms. The van der Waals surface area contributed by atoms with Gasteiger partial charge in [-0.15, -0.1) is 0 Å². The first-order valence-electron chi connectivity index (χ1n) is 5.64. The van der Waals surface area contributed by atoms with Crippen molar-refractivity contribution in [2.24, 2.45) is 5.73 Å². The summed E-state index contributed by atoms with van der Waals surface area (Å²) in [6, 6.07) is 9.82. The minimum atomic E-state index is -0.326. The van der Waals surface area contributed by atoms with E-state index in [1.165, 1.54) is 6.07 Å². The smallest absolute Gasteiger partial charge is 0.137 e. The maximum absolute atomic E-state index is 13.4. The zero-order valence-electron chi connectivity index (χ0n) is 10.2. The van der Waals surface area contributed by atoms with Gasteiger partial charge in [0.25, 0.3) is 0 Å². The molecule has 0 aliphatic rings. The van der Waals surface area contributed by atoms with Crippen molar-refractivity contribution in [1.29, 1.82) is 0 Å². The maximum atomic E-state index is 13.4. The average Bonchev–Trinajstić information content (AvgIpc) is 2.40. The van der Waals surface area contributed by atoms with Crippen LogP contribution in [-0.4, -0.2) is 4.99 Å². The van der Waals surface area contributed by atoms with Gasteiger partial charge in [0.05, 0.1) is 9.50 Å². The second kappa shape index (κ2) is 6.52. The van der Waals surface area contributed by atoms with Gasteiger partial charge in [-0.2, -0.15) is 0 Å². The quantitative estimate of drug-likeness (QED) is 0.803. The lowest BCUT2D eigenvalue weighted by molar-refractivity contribution is 0.304. The molecule has 0 fully saturated rings. The lowest BCUT2D eigenvalue weighted by atomic mass is 10.2. The van der Waals surface area contributed by atoms with Crippen LogP contribution < -0.4 is 10.5 Å². The molecule has 2 nitrogen and oxygen atoms in total. The Hall–Kier alpha value is -1.17. The molecule has 0 bridgehead atoms. The molecular formula is C14H10BrClFNOS. The second-order valence-electron chi connectivity index (χ2n) is 4.01. The highest BCUT2D eigenvalue weighted by molar-refractivity contribution is 9.10. The van der Waals surface area contributed by atoms with Crippen molar-refractivity contribution in [3.63, 3.8) is 0 Å². The molecule has 0 spiro atoms. The summed E-state index contributed by atoms with van der Waals surface area (Å²) in [5.41, 5.74) is 6.83. The normalized spacial score (nSPS) is 10.3. The third kappa shape index (κ3) is 3.48. The van der Waals surface area contributed by atoms with E-state index in [-0.39, 0.29) is 17.4 Å². The van der Waals surface area contributed by atoms with Gasteiger partial charge < -0.3 is 10.5 Å². The topological polar surface area (TPSA) is 35.2 Å². The van der Waals surface area contributed by atoms with Crippen LogP contribution in [0, 0.1) is 5.82 Å². The summed E-state index contributed by atoms with van der Waals surface area (Å²) in [7, 11) is 0. The van der Waals surface area contributed by atoms with Crippen LogP contribution in [0.2, 0.25) is 5.02 Å². The molecule has 104 valence electrons. The zero-order chi connectivity index (χ0) is 14.7. The predicted octanol–water partition coefficient (Wildman–Crippen LogP) is 4.45. The van der Waals surface area contributed by atoms with Crippen LogP contribution in [0.1, 0.15) is 11.1 Å². The van der Waals surface area contributed by atoms with Gasteiger partial charge in [-0.3, -0.25) is 0 Å². The van der Waals surface area contributed by atoms with Gasteiger partial charge in [0.15, 0.2) is 0 Å². The molecule has 0 amide bonds. The first kappa shape index (κ1) is 15.2. The summed E-state index contributed by atoms with van der Waals surface area (Å²) in [6.07, 6.45) is 0. The first-order valence-corrected chi connectivity index (χ1v) is 7.22. The number of benzene rings is 2. The van der Waals surface area contributed by atoms with E-state index in [1.807, 2.05) is 0 Å². The van der Waals surface area contributed by atoms with Gasteiger partial charge in [-0.05, 0) is 40.2 Å². The Morgan fingerprint density at radius 1 is 1.35 bits per heavy atom. The van der Waals surface area contributed by atoms with Gasteiger partial charge in [-0.1, -0.05) is 36.0 Å². The molecule has 0 saturated carbocycles. The van der Waals surface area contributed by atoms with Crippen LogP contribution in [0.25, 0.3) is 0 Å². The molecule has 0 aliphatic carbocycles. The zero-order valence-corrected chi connectivity index (χ0v) is 13.4. The van der Waals surface area contributed by atoms with Crippen molar-refractivity contribution in [3.8, 4) is 5.75 Å². The minimum absolute atomic E-state index is 0.223. The number of halogens is 3. The Labute approximate surface area is 134 Å². The molecular weight excluding hydrogens is 365 g/mol. The molecule has 0 unspecified atom stereocenters. The molecule has 0 heterocycles. The number of hydrogen-bond acceptors (Lipinski definition) is 2. The van der Waals surface area contributed by atoms with Gasteiger partial charge in [0, 0.05) is 11.1 Å². The third-order valence-electron chi connectivity index (χ3n) is 2.63. The fraction of sp³-hybridized carbons (Fsp3) is 0.0714. The fourth-order valence-corrected chi connectivity index (χ4v) is 2.49. The highest BCUT2D eigenvalue weighted by atomic mass is 79.9. The van der Waals surface area contributed by atoms with Crippen LogP contribution in [-0.2, 0) is 6.61 Å². The molecule has 0 saturated heterocycles. The first-order chi connectivity index (χ1) is 9.49. The fourth-order valence-electron chi connectivity index (χ4n) is 1.61. The lowest BCUT2D eigenvalue weighted by Crippen LogP contribution is -2.09. The molecule has 0 aromatic heterocycles. The second-order valence-corrected chi connectivity index (χ2v) is 5.65. The number of rotatable bonds is 4. The lowest BCUT2D eigenvalue weighted by Gasteiger charge is -2.10. The highest BCUT2D eigenvalue weighted by Crippen LogP contribution is 2.25. The molecule has 0 aliphatic heterocycles. The van der Waals surface area contributed by atoms with E-state index >= 15 is 0 Å². The van der Waals surface area contributed by atoms with E-state index in [0.29, 0.717) is 26.4 Å². The summed E-state index contributed by atoms with van der Waals surface area (Å²) < 4.78 is 19.3. The van der Waals surface area contributed by atoms with Crippen LogP contribution in [0.4, 0.5) is 4.39 Å². The Bertz CT molecular complexity index is 666. The summed E-state index contributed by atoms with van der Waals surface area (Å²) in [4.78, 5) is 0.231. The monoisotopic (exact) mass is 373 g/mol. The summed E-state index contributed by atoms with van der Waals surface area (Å²) in [6.45, 7) is 0.223. The van der Waals surface area contributed by atoms with Gasteiger partial charge in [0.1, 0.15) is 23.2 Å². The Kier molecular flexibility index (Phi) is 4.96. The molecule has 2 aromatic carbocycles. The van der Waals surface area contributed by atoms with Crippen LogP contribution in [0.5, 0.6) is 5.75 Å². The molecule has 2 rings (SSSR count). The number of hydrogen-bond donors (Lipinski definition) is 1. The van der Waals surface area contributed by atoms with Crippen LogP contribution >= 0.6 is 39.7 Å². The minimum Gasteiger partial charge on any atom is -0.489 e. The Morgan fingerprint density at radius 2 is 2.10 bits per heavy atom. The highest BCUT2D eigenvalue weighted by Gasteiger charge is 2.08. The van der Waals surface area contributed by atoms with E-state index in [9.17, 15) is 4.39 Å². The maximum Gasteiger partial charge on any atom is 0.137 e. The van der Waals surface area contributed by atoms with Crippen LogP contribution in [0.15, 0.2) is 40.9 Å². The van der Waals surface area contributed by atoms with Gasteiger partial charge in [0.2, 0.25) is 0 Å². The molecule has 0 atom stereocenters. The van der Waals surface area contributed by atoms with Crippen molar-refractivity contribution in [2.45, 2.75) is 6.61 Å². The van der Waals surface area contributed by atoms with E-state index in [0.717, 1.165) is 0 Å². The third-order valence-corrected chi connectivity index (χ3v) is 4.05. The van der Waals surface area contributed by atoms with Gasteiger partial charge >= 0.3 is 0 Å². The van der Waals surface area contributed by atoms with Gasteiger partial charge in [-0.25, -0.2) is 4.39 Å². The van der Waals surface area contributed by atoms with E-state index in [2.05, 4.69) is 15.9 Å². The van der Waals surface area contributed by atoms with Crippen LogP contribution in [0.3, 0.4) is 0 Å². The number of thiocarbonyl (C=S) groups is 1. The molecule has 2 N–H and O–H groups in total. The van der Waals surface area contributed by atoms with Crippen molar-refractivity contribution < 1.29 is 9.13 Å². The predicted molar refractivity (Wildman–Crippen MR) is 85.8 cm³/mol. The van der Waals surface area contributed by atoms with E-state index in [4.69, 9.17) is 34.3 Å². The Balaban J connectivity index is 2.13. The van der Waals surface area contributed by atoms with Crippen molar-refractivity contribution >= 4 is 44.7 Å². The van der Waals surface area contributed by atoms with Crippen molar-refractivity contribution in [3.05, 3.63) is 62.8 Å². The SMILES string of the molecule is NC(=S)c1ccc(OCc2cccc(F)c2Br)cc1Cl. The standard InChI is InChI=1S/C14H10BrClFNOS/c15-13-8(2-1-3-12(13)17)7-19-9-4-5-10(14(18)20)11(16)6-9/h1-6H,7H2,(H2,18,20).